The molecule has 4 aromatic rings. The number of rotatable bonds is 16. The predicted molar refractivity (Wildman–Crippen MR) is 207 cm³/mol. The van der Waals surface area contributed by atoms with Gasteiger partial charge in [0.1, 0.15) is 31.3 Å². The van der Waals surface area contributed by atoms with Crippen LogP contribution in [0.1, 0.15) is 29.3 Å². The average molecular weight is 749 g/mol. The molecule has 1 heterocycles. The minimum absolute atomic E-state index is 0.0528. The summed E-state index contributed by atoms with van der Waals surface area (Å²) in [7, 11) is 0. The van der Waals surface area contributed by atoms with E-state index in [9.17, 15) is 24.0 Å². The van der Waals surface area contributed by atoms with Crippen molar-refractivity contribution in [2.45, 2.75) is 32.1 Å². The highest BCUT2D eigenvalue weighted by Gasteiger charge is 2.57. The Bertz CT molecular complexity index is 1970. The molecule has 3 atom stereocenters. The van der Waals surface area contributed by atoms with Gasteiger partial charge in [-0.1, -0.05) is 135 Å². The highest BCUT2D eigenvalue weighted by molar-refractivity contribution is 7.96. The van der Waals surface area contributed by atoms with E-state index in [0.29, 0.717) is 5.56 Å². The Morgan fingerprint density at radius 3 is 1.83 bits per heavy atom. The van der Waals surface area contributed by atoms with Gasteiger partial charge < -0.3 is 29.6 Å². The van der Waals surface area contributed by atoms with E-state index in [1.807, 2.05) is 91.0 Å². The molecule has 5 rings (SSSR count). The number of hydrogen-bond acceptors (Lipinski definition) is 9. The van der Waals surface area contributed by atoms with Crippen LogP contribution in [-0.4, -0.2) is 65.6 Å². The van der Waals surface area contributed by atoms with E-state index in [1.165, 1.54) is 24.0 Å². The van der Waals surface area contributed by atoms with Gasteiger partial charge in [-0.2, -0.15) is 0 Å². The van der Waals surface area contributed by atoms with E-state index >= 15 is 0 Å². The van der Waals surface area contributed by atoms with Crippen LogP contribution in [-0.2, 0) is 35.1 Å². The molecule has 1 aliphatic heterocycles. The van der Waals surface area contributed by atoms with Gasteiger partial charge in [0.2, 0.25) is 5.91 Å². The zero-order valence-corrected chi connectivity index (χ0v) is 30.6. The Morgan fingerprint density at radius 2 is 1.31 bits per heavy atom. The topological polar surface area (TPSA) is 152 Å². The number of benzene rings is 4. The van der Waals surface area contributed by atoms with Gasteiger partial charge in [-0.05, 0) is 34.5 Å². The smallest absolute Gasteiger partial charge is 0.457 e. The van der Waals surface area contributed by atoms with Gasteiger partial charge in [0.05, 0.1) is 12.0 Å². The number of hydrogen-bond donors (Lipinski definition) is 1. The van der Waals surface area contributed by atoms with Crippen LogP contribution in [0.5, 0.6) is 0 Å². The SMILES string of the molecule is C=CCOC(=O)O[C@H](C)[C@H]1C(=O)N(C(C(=O)OCC=C)=P(c2ccccc2)(c2ccccc2)c2ccccc2)[C@@H]1CC(=O)c1cccc(COC(N)=O)c1. The molecule has 0 aromatic heterocycles. The summed E-state index contributed by atoms with van der Waals surface area (Å²) in [6.07, 6.45) is -0.514. The molecule has 2 N–H and O–H groups in total. The van der Waals surface area contributed by atoms with Crippen molar-refractivity contribution in [2.24, 2.45) is 11.7 Å². The van der Waals surface area contributed by atoms with Crippen LogP contribution in [0.15, 0.2) is 141 Å². The second-order valence-corrected chi connectivity index (χ2v) is 15.6. The van der Waals surface area contributed by atoms with Crippen LogP contribution in [0.2, 0.25) is 0 Å². The fourth-order valence-electron chi connectivity index (χ4n) is 6.61. The van der Waals surface area contributed by atoms with Crippen molar-refractivity contribution in [2.75, 3.05) is 13.2 Å². The van der Waals surface area contributed by atoms with Crippen molar-refractivity contribution in [1.29, 1.82) is 0 Å². The van der Waals surface area contributed by atoms with Crippen LogP contribution in [0.25, 0.3) is 0 Å². The molecule has 54 heavy (non-hydrogen) atoms. The molecule has 0 radical (unpaired) electrons. The molecular formula is C42H41N2O9P. The predicted octanol–water partition coefficient (Wildman–Crippen LogP) is 5.26. The molecule has 2 amide bonds. The van der Waals surface area contributed by atoms with Crippen molar-refractivity contribution in [3.63, 3.8) is 0 Å². The van der Waals surface area contributed by atoms with Crippen molar-refractivity contribution in [1.82, 2.24) is 4.90 Å². The third kappa shape index (κ3) is 8.37. The summed E-state index contributed by atoms with van der Waals surface area (Å²) in [5.74, 6) is -2.75. The van der Waals surface area contributed by atoms with Crippen LogP contribution in [0, 0.1) is 5.92 Å². The molecule has 0 aliphatic carbocycles. The van der Waals surface area contributed by atoms with E-state index in [1.54, 1.807) is 24.3 Å². The van der Waals surface area contributed by atoms with Gasteiger partial charge >= 0.3 is 18.2 Å². The number of primary amides is 1. The maximum Gasteiger partial charge on any atom is 0.508 e. The Balaban J connectivity index is 1.77. The van der Waals surface area contributed by atoms with Crippen molar-refractivity contribution in [3.8, 4) is 0 Å². The number of carbonyl (C=O) groups excluding carboxylic acids is 5. The summed E-state index contributed by atoms with van der Waals surface area (Å²) in [5, 5.41) is 2.27. The molecule has 0 saturated carbocycles. The molecule has 1 aliphatic rings. The lowest BCUT2D eigenvalue weighted by atomic mass is 9.79. The number of Topliss-reactive ketones (excluding diaryl/α,β-unsaturated/α-hetero) is 1. The molecule has 1 fully saturated rings. The first kappa shape index (κ1) is 39.0. The maximum atomic E-state index is 14.8. The number of nitrogens with zero attached hydrogens (tertiary/aromatic N) is 1. The van der Waals surface area contributed by atoms with Gasteiger partial charge in [0, 0.05) is 18.9 Å². The number of amides is 2. The maximum absolute atomic E-state index is 14.8. The summed E-state index contributed by atoms with van der Waals surface area (Å²) >= 11 is 0. The lowest BCUT2D eigenvalue weighted by Gasteiger charge is -2.51. The standard InChI is InChI=1S/C42H41N2O9P/c1-4-24-50-40(47)39(54(32-18-9-6-10-19-32,33-20-11-7-12-21-33)34-22-13-8-14-23-34)44-35(37(38(44)46)29(3)53-42(49)51-25-5-2)27-36(45)31-17-15-16-30(26-31)28-52-41(43)48/h4-23,26,29,35,37H,1-2,24-25,27-28H2,3H3,(H2,43,48)/t29-,35-,37-/m1/s1. The number of carbonyl (C=O) groups is 5. The second-order valence-electron chi connectivity index (χ2n) is 12.3. The Labute approximate surface area is 313 Å². The first-order chi connectivity index (χ1) is 26.1. The summed E-state index contributed by atoms with van der Waals surface area (Å²) in [5.41, 5.74) is 5.98. The molecule has 0 bridgehead atoms. The van der Waals surface area contributed by atoms with Gasteiger partial charge in [-0.15, -0.1) is 0 Å². The molecular weight excluding hydrogens is 707 g/mol. The summed E-state index contributed by atoms with van der Waals surface area (Å²) in [6, 6.07) is 33.8. The van der Waals surface area contributed by atoms with Gasteiger partial charge in [0.25, 0.3) is 0 Å². The summed E-state index contributed by atoms with van der Waals surface area (Å²) in [4.78, 5) is 69.0. The second kappa shape index (κ2) is 18.0. The van der Waals surface area contributed by atoms with E-state index in [4.69, 9.17) is 24.7 Å². The van der Waals surface area contributed by atoms with Crippen LogP contribution < -0.4 is 21.6 Å². The van der Waals surface area contributed by atoms with Crippen molar-refractivity contribution < 1.29 is 42.9 Å². The fraction of sp³-hybridized carbons (Fsp3) is 0.190. The van der Waals surface area contributed by atoms with E-state index in [-0.39, 0.29) is 43.0 Å². The third-order valence-corrected chi connectivity index (χ3v) is 13.1. The Hall–Kier alpha value is -6.19. The van der Waals surface area contributed by atoms with Gasteiger partial charge in [-0.3, -0.25) is 9.59 Å². The van der Waals surface area contributed by atoms with Gasteiger partial charge in [-0.25, -0.2) is 14.4 Å². The largest absolute Gasteiger partial charge is 0.508 e. The molecule has 12 heteroatoms. The Morgan fingerprint density at radius 1 is 0.778 bits per heavy atom. The van der Waals surface area contributed by atoms with Crippen LogP contribution in [0.4, 0.5) is 9.59 Å². The number of β-lactam (4-membered cyclic amide) rings is 1. The number of likely N-dealkylation sites (tertiary alicyclic amines) is 1. The summed E-state index contributed by atoms with van der Waals surface area (Å²) < 4.78 is 21.3. The first-order valence-corrected chi connectivity index (χ1v) is 19.0. The number of nitrogens with two attached hydrogens (primary N) is 1. The number of ether oxygens (including phenoxy) is 4. The monoisotopic (exact) mass is 748 g/mol. The molecule has 1 saturated heterocycles. The normalized spacial score (nSPS) is 15.5. The highest BCUT2D eigenvalue weighted by Crippen LogP contribution is 2.50. The summed E-state index contributed by atoms with van der Waals surface area (Å²) in [6.45, 7) is 5.08. The number of esters is 1. The average Bonchev–Trinajstić information content (AvgIpc) is 3.19. The quantitative estimate of drug-likeness (QED) is 0.0404. The lowest BCUT2D eigenvalue weighted by Crippen LogP contribution is -2.69. The molecule has 0 unspecified atom stereocenters. The van der Waals surface area contributed by atoms with Crippen molar-refractivity contribution in [3.05, 3.63) is 152 Å². The van der Waals surface area contributed by atoms with Crippen LogP contribution in [0.3, 0.4) is 0 Å². The van der Waals surface area contributed by atoms with Crippen molar-refractivity contribution >= 4 is 58.1 Å². The zero-order chi connectivity index (χ0) is 38.7. The Kier molecular flexibility index (Phi) is 13.0. The van der Waals surface area contributed by atoms with E-state index < -0.39 is 49.1 Å². The van der Waals surface area contributed by atoms with Crippen LogP contribution >= 0.6 is 6.89 Å². The molecule has 278 valence electrons. The van der Waals surface area contributed by atoms with Gasteiger partial charge in [0.15, 0.2) is 5.78 Å². The minimum atomic E-state index is -3.30. The zero-order valence-electron chi connectivity index (χ0n) is 29.7. The van der Waals surface area contributed by atoms with E-state index in [0.717, 1.165) is 15.9 Å². The lowest BCUT2D eigenvalue weighted by molar-refractivity contribution is -0.158. The third-order valence-electron chi connectivity index (χ3n) is 8.89. The number of ketones is 1. The first-order valence-electron chi connectivity index (χ1n) is 17.2. The molecule has 0 spiro atoms. The van der Waals surface area contributed by atoms with E-state index in [2.05, 4.69) is 13.2 Å². The molecule has 4 aromatic carbocycles. The molecule has 11 nitrogen and oxygen atoms in total. The highest BCUT2D eigenvalue weighted by atomic mass is 31.2. The minimum Gasteiger partial charge on any atom is -0.457 e. The fourth-order valence-corrected chi connectivity index (χ4v) is 11.0.